The van der Waals surface area contributed by atoms with E-state index in [2.05, 4.69) is 30.3 Å². The van der Waals surface area contributed by atoms with Crippen LogP contribution < -0.4 is 0 Å². The minimum Gasteiger partial charge on any atom is -0.456 e. The molecule has 3 heterocycles. The molecule has 0 spiro atoms. The number of furan rings is 2. The van der Waals surface area contributed by atoms with Crippen molar-refractivity contribution in [2.45, 2.75) is 0 Å². The molecule has 262 valence electrons. The smallest absolute Gasteiger partial charge is 0.164 e. The molecule has 0 saturated heterocycles. The number of para-hydroxylation sites is 2. The van der Waals surface area contributed by atoms with Gasteiger partial charge in [-0.1, -0.05) is 164 Å². The predicted octanol–water partition coefficient (Wildman–Crippen LogP) is 13.7. The van der Waals surface area contributed by atoms with Gasteiger partial charge in [-0.15, -0.1) is 0 Å². The molecule has 0 amide bonds. The Kier molecular flexibility index (Phi) is 6.10. The molecule has 0 bridgehead atoms. The number of fused-ring (bicyclic) bond motifs is 6. The Bertz CT molecular complexity index is 3590. The van der Waals surface area contributed by atoms with Gasteiger partial charge in [0, 0.05) is 49.4 Å². The fraction of sp³-hybridized carbons (Fsp3) is 0. The fourth-order valence-corrected chi connectivity index (χ4v) is 7.43. The first-order valence-electron chi connectivity index (χ1n) is 21.2. The molecule has 0 unspecified atom stereocenters. The Morgan fingerprint density at radius 3 is 1.59 bits per heavy atom. The molecule has 3 aromatic heterocycles. The van der Waals surface area contributed by atoms with Gasteiger partial charge in [0.25, 0.3) is 0 Å². The highest BCUT2D eigenvalue weighted by Gasteiger charge is 2.19. The molecule has 0 N–H and O–H groups in total. The average molecular weight is 724 g/mol. The van der Waals surface area contributed by atoms with Crippen molar-refractivity contribution in [3.63, 3.8) is 0 Å². The highest BCUT2D eigenvalue weighted by atomic mass is 16.3. The lowest BCUT2D eigenvalue weighted by Crippen LogP contribution is -2.00. The standard InChI is InChI=1S/C51H31N3O2/c1-4-14-32(15-5-1)38-22-13-27-44-46(38)43-29-28-37(31-45(43)55-44)51-53-49(34-18-8-3-9-19-34)52-50(54-51)36-21-10-20-35(30-36)40-24-12-26-42-41-25-11-23-39(47(41)56-48(40)42)33-16-6-2-7-17-33/h1-31H/i13D,22D,27D,28D,29D,31D. The number of benzene rings is 8. The van der Waals surface area contributed by atoms with Crippen molar-refractivity contribution in [3.05, 3.63) is 188 Å². The number of hydrogen-bond donors (Lipinski definition) is 0. The lowest BCUT2D eigenvalue weighted by atomic mass is 9.99. The van der Waals surface area contributed by atoms with Crippen LogP contribution in [0.2, 0.25) is 0 Å². The van der Waals surface area contributed by atoms with Crippen LogP contribution in [0.5, 0.6) is 0 Å². The maximum atomic E-state index is 9.53. The first-order valence-corrected chi connectivity index (χ1v) is 18.2. The number of aromatic nitrogens is 3. The molecule has 8 aromatic carbocycles. The van der Waals surface area contributed by atoms with Crippen molar-refractivity contribution in [2.75, 3.05) is 0 Å². The second kappa shape index (κ2) is 13.0. The van der Waals surface area contributed by atoms with Gasteiger partial charge in [-0.3, -0.25) is 0 Å². The van der Waals surface area contributed by atoms with Crippen LogP contribution in [0.4, 0.5) is 0 Å². The third-order valence-electron chi connectivity index (χ3n) is 10.1. The number of rotatable bonds is 6. The summed E-state index contributed by atoms with van der Waals surface area (Å²) >= 11 is 0. The third-order valence-corrected chi connectivity index (χ3v) is 10.1. The van der Waals surface area contributed by atoms with Crippen LogP contribution in [-0.4, -0.2) is 15.0 Å². The molecule has 0 atom stereocenters. The summed E-state index contributed by atoms with van der Waals surface area (Å²) in [4.78, 5) is 14.6. The normalized spacial score (nSPS) is 13.1. The SMILES string of the molecule is [2H]c1c([2H])c(-c2ccccc2)c2c(oc3c([2H])c(-c4nc(-c5ccccc5)nc(-c5cccc(-c6cccc7c6oc6c(-c8ccccc8)cccc67)c5)n4)c([2H])c([2H])c32)c1[2H]. The van der Waals surface area contributed by atoms with Gasteiger partial charge < -0.3 is 8.83 Å². The summed E-state index contributed by atoms with van der Waals surface area (Å²) in [6, 6.07) is 46.9. The van der Waals surface area contributed by atoms with E-state index in [1.165, 1.54) is 0 Å². The zero-order valence-electron chi connectivity index (χ0n) is 35.6. The summed E-state index contributed by atoms with van der Waals surface area (Å²) in [7, 11) is 0. The summed E-state index contributed by atoms with van der Waals surface area (Å²) in [6.45, 7) is 0. The Labute approximate surface area is 330 Å². The maximum absolute atomic E-state index is 9.53. The van der Waals surface area contributed by atoms with Gasteiger partial charge in [0.05, 0.1) is 8.22 Å². The number of hydrogen-bond acceptors (Lipinski definition) is 5. The molecule has 11 aromatic rings. The van der Waals surface area contributed by atoms with Crippen LogP contribution in [-0.2, 0) is 0 Å². The van der Waals surface area contributed by atoms with E-state index in [0.717, 1.165) is 44.2 Å². The molecule has 0 aliphatic carbocycles. The van der Waals surface area contributed by atoms with Crippen molar-refractivity contribution in [3.8, 4) is 67.5 Å². The van der Waals surface area contributed by atoms with E-state index < -0.39 is 0 Å². The van der Waals surface area contributed by atoms with Crippen LogP contribution >= 0.6 is 0 Å². The van der Waals surface area contributed by atoms with E-state index in [0.29, 0.717) is 28.1 Å². The van der Waals surface area contributed by atoms with Crippen LogP contribution in [0.15, 0.2) is 197 Å². The molecule has 5 heteroatoms. The van der Waals surface area contributed by atoms with Gasteiger partial charge in [-0.2, -0.15) is 0 Å². The first kappa shape index (κ1) is 26.2. The minimum atomic E-state index is -0.342. The van der Waals surface area contributed by atoms with Gasteiger partial charge in [0.15, 0.2) is 17.5 Å². The zero-order valence-corrected chi connectivity index (χ0v) is 29.6. The molecule has 0 aliphatic heterocycles. The van der Waals surface area contributed by atoms with E-state index in [1.807, 2.05) is 97.1 Å². The first-order chi connectivity index (χ1) is 30.3. The van der Waals surface area contributed by atoms with Gasteiger partial charge >= 0.3 is 0 Å². The lowest BCUT2D eigenvalue weighted by molar-refractivity contribution is 0.669. The Balaban J connectivity index is 1.11. The van der Waals surface area contributed by atoms with E-state index in [1.54, 1.807) is 24.3 Å². The van der Waals surface area contributed by atoms with Crippen LogP contribution in [0.3, 0.4) is 0 Å². The van der Waals surface area contributed by atoms with E-state index >= 15 is 0 Å². The second-order valence-corrected chi connectivity index (χ2v) is 13.5. The predicted molar refractivity (Wildman–Crippen MR) is 227 cm³/mol. The molecular formula is C51H31N3O2. The maximum Gasteiger partial charge on any atom is 0.164 e. The van der Waals surface area contributed by atoms with Gasteiger partial charge in [0.2, 0.25) is 0 Å². The van der Waals surface area contributed by atoms with Crippen LogP contribution in [0, 0.1) is 0 Å². The van der Waals surface area contributed by atoms with Gasteiger partial charge in [-0.25, -0.2) is 15.0 Å². The monoisotopic (exact) mass is 723 g/mol. The summed E-state index contributed by atoms with van der Waals surface area (Å²) in [5.74, 6) is 0.581. The summed E-state index contributed by atoms with van der Waals surface area (Å²) in [6.07, 6.45) is 0. The lowest BCUT2D eigenvalue weighted by Gasteiger charge is -2.10. The summed E-state index contributed by atoms with van der Waals surface area (Å²) < 4.78 is 67.5. The molecule has 0 fully saturated rings. The van der Waals surface area contributed by atoms with Crippen molar-refractivity contribution in [1.82, 2.24) is 15.0 Å². The molecule has 5 nitrogen and oxygen atoms in total. The van der Waals surface area contributed by atoms with Gasteiger partial charge in [0.1, 0.15) is 22.3 Å². The molecule has 0 aliphatic rings. The molecule has 56 heavy (non-hydrogen) atoms. The molecule has 0 saturated carbocycles. The van der Waals surface area contributed by atoms with Crippen LogP contribution in [0.25, 0.3) is 111 Å². The Morgan fingerprint density at radius 2 is 0.911 bits per heavy atom. The van der Waals surface area contributed by atoms with E-state index in [4.69, 9.17) is 27.9 Å². The van der Waals surface area contributed by atoms with Crippen LogP contribution in [0.1, 0.15) is 8.22 Å². The van der Waals surface area contributed by atoms with Crippen molar-refractivity contribution in [1.29, 1.82) is 0 Å². The van der Waals surface area contributed by atoms with E-state index in [-0.39, 0.29) is 75.4 Å². The van der Waals surface area contributed by atoms with Crippen molar-refractivity contribution >= 4 is 43.9 Å². The summed E-state index contributed by atoms with van der Waals surface area (Å²) in [5, 5.41) is 2.35. The second-order valence-electron chi connectivity index (χ2n) is 13.5. The highest BCUT2D eigenvalue weighted by molar-refractivity contribution is 6.14. The molecular weight excluding hydrogens is 687 g/mol. The minimum absolute atomic E-state index is 0.00493. The average Bonchev–Trinajstić information content (AvgIpc) is 3.91. The van der Waals surface area contributed by atoms with Crippen molar-refractivity contribution < 1.29 is 17.1 Å². The molecule has 0 radical (unpaired) electrons. The van der Waals surface area contributed by atoms with Gasteiger partial charge in [-0.05, 0) is 46.4 Å². The topological polar surface area (TPSA) is 65.0 Å². The third kappa shape index (κ3) is 5.37. The van der Waals surface area contributed by atoms with E-state index in [9.17, 15) is 4.11 Å². The quantitative estimate of drug-likeness (QED) is 0.171. The number of nitrogens with zero attached hydrogens (tertiary/aromatic N) is 3. The Hall–Kier alpha value is -7.63. The van der Waals surface area contributed by atoms with Crippen molar-refractivity contribution in [2.24, 2.45) is 0 Å². The molecule has 11 rings (SSSR count). The largest absolute Gasteiger partial charge is 0.456 e. The Morgan fingerprint density at radius 1 is 0.375 bits per heavy atom. The highest BCUT2D eigenvalue weighted by Crippen LogP contribution is 2.41. The fourth-order valence-electron chi connectivity index (χ4n) is 7.43. The zero-order chi connectivity index (χ0) is 42.2. The summed E-state index contributed by atoms with van der Waals surface area (Å²) in [5.41, 5.74) is 7.41.